The fraction of sp³-hybridized carbons (Fsp3) is 0.300. The van der Waals surface area contributed by atoms with Crippen LogP contribution in [0, 0.1) is 0 Å². The first-order valence-electron chi connectivity index (χ1n) is 9.28. The molecule has 4 heterocycles. The quantitative estimate of drug-likeness (QED) is 0.559. The minimum atomic E-state index is -0.137. The van der Waals surface area contributed by atoms with Crippen LogP contribution in [0.1, 0.15) is 29.8 Å². The highest BCUT2D eigenvalue weighted by Gasteiger charge is 2.21. The molecule has 28 heavy (non-hydrogen) atoms. The molecule has 5 rings (SSSR count). The summed E-state index contributed by atoms with van der Waals surface area (Å²) in [5, 5.41) is 7.27. The molecule has 0 amide bonds. The third kappa shape index (κ3) is 3.28. The number of hydrogen-bond acceptors (Lipinski definition) is 7. The molecule has 1 aromatic carbocycles. The van der Waals surface area contributed by atoms with Gasteiger partial charge in [0.1, 0.15) is 5.01 Å². The molecular weight excluding hydrogens is 390 g/mol. The van der Waals surface area contributed by atoms with E-state index in [0.29, 0.717) is 11.0 Å². The number of thiazole rings is 1. The average molecular weight is 410 g/mol. The summed E-state index contributed by atoms with van der Waals surface area (Å²) in [6.45, 7) is 4.22. The van der Waals surface area contributed by atoms with E-state index in [9.17, 15) is 4.79 Å². The van der Waals surface area contributed by atoms with Crippen LogP contribution in [0.3, 0.4) is 0 Å². The number of H-pyrrole nitrogens is 1. The molecule has 0 aliphatic carbocycles. The van der Waals surface area contributed by atoms with Crippen LogP contribution >= 0.6 is 22.7 Å². The third-order valence-electron chi connectivity index (χ3n) is 5.43. The Morgan fingerprint density at radius 1 is 1.18 bits per heavy atom. The van der Waals surface area contributed by atoms with Crippen molar-refractivity contribution < 1.29 is 0 Å². The molecule has 1 aliphatic rings. The van der Waals surface area contributed by atoms with E-state index >= 15 is 0 Å². The van der Waals surface area contributed by atoms with E-state index in [1.807, 2.05) is 11.7 Å². The maximum absolute atomic E-state index is 11.4. The monoisotopic (exact) mass is 409 g/mol. The standard InChI is InChI=1S/C20H19N5OS2/c1-12(13-2-3-18-17(9-13)22-11-27-18)25-6-4-14-8-15(10-21-16(14)5-7-25)19-23-24-20(26)28-19/h2-3,8-12H,4-7H2,1H3,(H,24,26). The highest BCUT2D eigenvalue weighted by molar-refractivity contribution is 7.16. The van der Waals surface area contributed by atoms with Crippen LogP contribution in [0.25, 0.3) is 20.8 Å². The molecule has 3 aromatic heterocycles. The molecule has 142 valence electrons. The lowest BCUT2D eigenvalue weighted by Crippen LogP contribution is -2.29. The summed E-state index contributed by atoms with van der Waals surface area (Å²) in [6.07, 6.45) is 3.70. The van der Waals surface area contributed by atoms with E-state index in [4.69, 9.17) is 0 Å². The van der Waals surface area contributed by atoms with Crippen molar-refractivity contribution in [2.75, 3.05) is 13.1 Å². The van der Waals surface area contributed by atoms with Gasteiger partial charge in [0.25, 0.3) is 0 Å². The molecule has 1 N–H and O–H groups in total. The first-order chi connectivity index (χ1) is 13.7. The fourth-order valence-corrected chi connectivity index (χ4v) is 5.06. The smallest absolute Gasteiger partial charge is 0.296 e. The van der Waals surface area contributed by atoms with Gasteiger partial charge < -0.3 is 0 Å². The van der Waals surface area contributed by atoms with Crippen molar-refractivity contribution in [1.29, 1.82) is 0 Å². The SMILES string of the molecule is CC(c1ccc2scnc2c1)N1CCc2cc(-c3n[nH]c(=O)s3)cnc2CC1. The van der Waals surface area contributed by atoms with Crippen molar-refractivity contribution in [3.8, 4) is 10.6 Å². The molecule has 6 nitrogen and oxygen atoms in total. The van der Waals surface area contributed by atoms with Crippen molar-refractivity contribution in [3.63, 3.8) is 0 Å². The Morgan fingerprint density at radius 3 is 2.93 bits per heavy atom. The van der Waals surface area contributed by atoms with Crippen molar-refractivity contribution >= 4 is 32.9 Å². The number of aromatic amines is 1. The number of fused-ring (bicyclic) bond motifs is 2. The number of aromatic nitrogens is 4. The van der Waals surface area contributed by atoms with Gasteiger partial charge in [-0.25, -0.2) is 10.1 Å². The first-order valence-corrected chi connectivity index (χ1v) is 11.0. The van der Waals surface area contributed by atoms with Crippen LogP contribution < -0.4 is 4.87 Å². The van der Waals surface area contributed by atoms with Gasteiger partial charge in [0.15, 0.2) is 0 Å². The largest absolute Gasteiger partial charge is 0.322 e. The Bertz CT molecular complexity index is 1190. The molecule has 0 radical (unpaired) electrons. The molecule has 1 unspecified atom stereocenters. The molecule has 0 fully saturated rings. The van der Waals surface area contributed by atoms with E-state index in [-0.39, 0.29) is 4.87 Å². The second kappa shape index (κ2) is 7.20. The summed E-state index contributed by atoms with van der Waals surface area (Å²) in [7, 11) is 0. The molecule has 0 saturated carbocycles. The van der Waals surface area contributed by atoms with Crippen LogP contribution in [-0.2, 0) is 12.8 Å². The Morgan fingerprint density at radius 2 is 2.07 bits per heavy atom. The van der Waals surface area contributed by atoms with Gasteiger partial charge >= 0.3 is 4.87 Å². The van der Waals surface area contributed by atoms with Gasteiger partial charge in [0.05, 0.1) is 15.7 Å². The number of hydrogen-bond donors (Lipinski definition) is 1. The maximum atomic E-state index is 11.4. The molecule has 1 aliphatic heterocycles. The van der Waals surface area contributed by atoms with Crippen molar-refractivity contribution in [2.45, 2.75) is 25.8 Å². The molecule has 0 saturated heterocycles. The fourth-order valence-electron chi connectivity index (χ4n) is 3.81. The van der Waals surface area contributed by atoms with Crippen molar-refractivity contribution in [1.82, 2.24) is 25.1 Å². The van der Waals surface area contributed by atoms with E-state index in [2.05, 4.69) is 56.3 Å². The number of benzene rings is 1. The van der Waals surface area contributed by atoms with Crippen molar-refractivity contribution in [3.05, 3.63) is 62.5 Å². The number of rotatable bonds is 3. The second-order valence-corrected chi connectivity index (χ2v) is 8.89. The maximum Gasteiger partial charge on any atom is 0.322 e. The highest BCUT2D eigenvalue weighted by atomic mass is 32.1. The van der Waals surface area contributed by atoms with Crippen LogP contribution in [0.4, 0.5) is 0 Å². The van der Waals surface area contributed by atoms with E-state index in [0.717, 1.165) is 54.0 Å². The zero-order chi connectivity index (χ0) is 19.1. The molecule has 1 atom stereocenters. The molecule has 8 heteroatoms. The average Bonchev–Trinajstić information content (AvgIpc) is 3.30. The predicted octanol–water partition coefficient (Wildman–Crippen LogP) is 3.66. The van der Waals surface area contributed by atoms with Crippen LogP contribution in [-0.4, -0.2) is 38.2 Å². The van der Waals surface area contributed by atoms with Gasteiger partial charge in [-0.05, 0) is 42.7 Å². The van der Waals surface area contributed by atoms with Gasteiger partial charge in [-0.1, -0.05) is 17.4 Å². The van der Waals surface area contributed by atoms with Crippen LogP contribution in [0.2, 0.25) is 0 Å². The Balaban J connectivity index is 1.37. The summed E-state index contributed by atoms with van der Waals surface area (Å²) in [5.74, 6) is 0. The summed E-state index contributed by atoms with van der Waals surface area (Å²) < 4.78 is 1.23. The van der Waals surface area contributed by atoms with Gasteiger partial charge in [0, 0.05) is 43.0 Å². The normalized spacial score (nSPS) is 16.0. The molecule has 0 bridgehead atoms. The first kappa shape index (κ1) is 17.7. The molecule has 4 aromatic rings. The summed E-state index contributed by atoms with van der Waals surface area (Å²) in [5.41, 5.74) is 7.61. The molecular formula is C20H19N5OS2. The minimum Gasteiger partial charge on any atom is -0.296 e. The summed E-state index contributed by atoms with van der Waals surface area (Å²) >= 11 is 2.80. The number of pyridine rings is 1. The highest BCUT2D eigenvalue weighted by Crippen LogP contribution is 2.28. The van der Waals surface area contributed by atoms with Crippen LogP contribution in [0.5, 0.6) is 0 Å². The lowest BCUT2D eigenvalue weighted by atomic mass is 10.1. The minimum absolute atomic E-state index is 0.137. The Kier molecular flexibility index (Phi) is 4.54. The third-order valence-corrected chi connectivity index (χ3v) is 7.04. The topological polar surface area (TPSA) is 74.8 Å². The second-order valence-electron chi connectivity index (χ2n) is 7.04. The van der Waals surface area contributed by atoms with Gasteiger partial charge in [-0.2, -0.15) is 5.10 Å². The van der Waals surface area contributed by atoms with E-state index in [1.54, 1.807) is 11.3 Å². The van der Waals surface area contributed by atoms with E-state index in [1.165, 1.54) is 15.8 Å². The van der Waals surface area contributed by atoms with Gasteiger partial charge in [-0.3, -0.25) is 14.7 Å². The lowest BCUT2D eigenvalue weighted by Gasteiger charge is -2.27. The number of nitrogens with one attached hydrogen (secondary N) is 1. The number of nitrogens with zero attached hydrogens (tertiary/aromatic N) is 4. The zero-order valence-corrected chi connectivity index (χ0v) is 17.0. The Hall–Kier alpha value is -2.42. The summed E-state index contributed by atoms with van der Waals surface area (Å²) in [4.78, 5) is 22.9. The zero-order valence-electron chi connectivity index (χ0n) is 15.4. The predicted molar refractivity (Wildman–Crippen MR) is 113 cm³/mol. The lowest BCUT2D eigenvalue weighted by molar-refractivity contribution is 0.221. The van der Waals surface area contributed by atoms with E-state index < -0.39 is 0 Å². The Labute approximate surface area is 169 Å². The molecule has 0 spiro atoms. The van der Waals surface area contributed by atoms with Crippen LogP contribution in [0.15, 0.2) is 40.8 Å². The van der Waals surface area contributed by atoms with Gasteiger partial charge in [0.2, 0.25) is 0 Å². The summed E-state index contributed by atoms with van der Waals surface area (Å²) in [6, 6.07) is 9.08. The van der Waals surface area contributed by atoms with Gasteiger partial charge in [-0.15, -0.1) is 11.3 Å². The van der Waals surface area contributed by atoms with Crippen molar-refractivity contribution in [2.24, 2.45) is 0 Å².